The van der Waals surface area contributed by atoms with Crippen molar-refractivity contribution in [2.75, 3.05) is 18.0 Å². The first-order valence-corrected chi connectivity index (χ1v) is 6.17. The maximum Gasteiger partial charge on any atom is 0.274 e. The SMILES string of the molecule is Cc1ccc(N2CCC(C)C(O)C2)cc1[N+](=O)[O-]. The Morgan fingerprint density at radius 2 is 2.22 bits per heavy atom. The van der Waals surface area contributed by atoms with Gasteiger partial charge < -0.3 is 10.0 Å². The molecule has 2 unspecified atom stereocenters. The Bertz CT molecular complexity index is 462. The van der Waals surface area contributed by atoms with Crippen LogP contribution in [0.5, 0.6) is 0 Å². The van der Waals surface area contributed by atoms with Crippen molar-refractivity contribution in [2.45, 2.75) is 26.4 Å². The first-order chi connectivity index (χ1) is 8.49. The van der Waals surface area contributed by atoms with E-state index < -0.39 is 0 Å². The van der Waals surface area contributed by atoms with Crippen LogP contribution >= 0.6 is 0 Å². The van der Waals surface area contributed by atoms with Crippen molar-refractivity contribution in [3.8, 4) is 0 Å². The number of anilines is 1. The summed E-state index contributed by atoms with van der Waals surface area (Å²) >= 11 is 0. The van der Waals surface area contributed by atoms with Crippen LogP contribution in [0.25, 0.3) is 0 Å². The lowest BCUT2D eigenvalue weighted by Gasteiger charge is -2.35. The molecule has 2 atom stereocenters. The number of rotatable bonds is 2. The number of aliphatic hydroxyl groups is 1. The lowest BCUT2D eigenvalue weighted by molar-refractivity contribution is -0.385. The Labute approximate surface area is 106 Å². The lowest BCUT2D eigenvalue weighted by Crippen LogP contribution is -2.42. The molecule has 0 amide bonds. The molecule has 18 heavy (non-hydrogen) atoms. The van der Waals surface area contributed by atoms with Crippen molar-refractivity contribution in [1.29, 1.82) is 0 Å². The number of nitrogens with zero attached hydrogens (tertiary/aromatic N) is 2. The molecule has 0 radical (unpaired) electrons. The van der Waals surface area contributed by atoms with Crippen molar-refractivity contribution in [3.05, 3.63) is 33.9 Å². The molecule has 1 aromatic carbocycles. The van der Waals surface area contributed by atoms with Gasteiger partial charge in [-0.05, 0) is 25.3 Å². The standard InChI is InChI=1S/C13H18N2O3/c1-9-3-4-11(7-12(9)15(17)18)14-6-5-10(2)13(16)8-14/h3-4,7,10,13,16H,5-6,8H2,1-2H3. The second-order valence-corrected chi connectivity index (χ2v) is 5.01. The lowest BCUT2D eigenvalue weighted by atomic mass is 9.95. The van der Waals surface area contributed by atoms with E-state index in [4.69, 9.17) is 0 Å². The highest BCUT2D eigenvalue weighted by atomic mass is 16.6. The molecule has 1 fully saturated rings. The van der Waals surface area contributed by atoms with Gasteiger partial charge in [-0.25, -0.2) is 0 Å². The molecule has 98 valence electrons. The van der Waals surface area contributed by atoms with E-state index in [1.54, 1.807) is 19.1 Å². The van der Waals surface area contributed by atoms with Crippen molar-refractivity contribution in [3.63, 3.8) is 0 Å². The fourth-order valence-corrected chi connectivity index (χ4v) is 2.27. The third-order valence-corrected chi connectivity index (χ3v) is 3.67. The molecular weight excluding hydrogens is 232 g/mol. The molecular formula is C13H18N2O3. The Kier molecular flexibility index (Phi) is 3.52. The van der Waals surface area contributed by atoms with E-state index in [1.807, 2.05) is 17.9 Å². The molecule has 5 heteroatoms. The van der Waals surface area contributed by atoms with Gasteiger partial charge >= 0.3 is 0 Å². The average Bonchev–Trinajstić information content (AvgIpc) is 2.33. The van der Waals surface area contributed by atoms with Crippen LogP contribution in [0.2, 0.25) is 0 Å². The van der Waals surface area contributed by atoms with Gasteiger partial charge in [-0.2, -0.15) is 0 Å². The van der Waals surface area contributed by atoms with E-state index >= 15 is 0 Å². The van der Waals surface area contributed by atoms with E-state index in [9.17, 15) is 15.2 Å². The summed E-state index contributed by atoms with van der Waals surface area (Å²) < 4.78 is 0. The quantitative estimate of drug-likeness (QED) is 0.645. The molecule has 1 heterocycles. The monoisotopic (exact) mass is 250 g/mol. The Hall–Kier alpha value is -1.62. The zero-order valence-corrected chi connectivity index (χ0v) is 10.7. The van der Waals surface area contributed by atoms with Crippen LogP contribution in [0, 0.1) is 23.0 Å². The number of benzene rings is 1. The molecule has 0 saturated carbocycles. The summed E-state index contributed by atoms with van der Waals surface area (Å²) in [4.78, 5) is 12.6. The third-order valence-electron chi connectivity index (χ3n) is 3.67. The highest BCUT2D eigenvalue weighted by Crippen LogP contribution is 2.28. The topological polar surface area (TPSA) is 66.6 Å². The van der Waals surface area contributed by atoms with Gasteiger partial charge in [-0.1, -0.05) is 13.0 Å². The number of nitro groups is 1. The van der Waals surface area contributed by atoms with Crippen LogP contribution in [-0.4, -0.2) is 29.2 Å². The van der Waals surface area contributed by atoms with Crippen molar-refractivity contribution in [1.82, 2.24) is 0 Å². The van der Waals surface area contributed by atoms with E-state index in [0.717, 1.165) is 18.7 Å². The van der Waals surface area contributed by atoms with E-state index in [0.29, 0.717) is 18.0 Å². The molecule has 2 rings (SSSR count). The van der Waals surface area contributed by atoms with E-state index in [2.05, 4.69) is 0 Å². The molecule has 0 aliphatic carbocycles. The van der Waals surface area contributed by atoms with Gasteiger partial charge in [0.2, 0.25) is 0 Å². The predicted molar refractivity (Wildman–Crippen MR) is 69.8 cm³/mol. The fraction of sp³-hybridized carbons (Fsp3) is 0.538. The number of β-amino-alcohol motifs (C(OH)–C–C–N with tert-alkyl or cyclic N) is 1. The maximum atomic E-state index is 10.9. The highest BCUT2D eigenvalue weighted by molar-refractivity contribution is 5.56. The number of aliphatic hydroxyl groups excluding tert-OH is 1. The average molecular weight is 250 g/mol. The van der Waals surface area contributed by atoms with Crippen LogP contribution in [0.1, 0.15) is 18.9 Å². The molecule has 0 aromatic heterocycles. The molecule has 1 saturated heterocycles. The minimum atomic E-state index is -0.362. The second-order valence-electron chi connectivity index (χ2n) is 5.01. The van der Waals surface area contributed by atoms with Crippen molar-refractivity contribution in [2.24, 2.45) is 5.92 Å². The zero-order chi connectivity index (χ0) is 13.3. The van der Waals surface area contributed by atoms with E-state index in [1.165, 1.54) is 0 Å². The van der Waals surface area contributed by atoms with Gasteiger partial charge in [-0.3, -0.25) is 10.1 Å². The van der Waals surface area contributed by atoms with Crippen molar-refractivity contribution >= 4 is 11.4 Å². The Balaban J connectivity index is 2.24. The van der Waals surface area contributed by atoms with Gasteiger partial charge in [0.25, 0.3) is 5.69 Å². The van der Waals surface area contributed by atoms with Crippen LogP contribution < -0.4 is 4.90 Å². The number of hydrogen-bond acceptors (Lipinski definition) is 4. The van der Waals surface area contributed by atoms with Gasteiger partial charge in [0.05, 0.1) is 11.0 Å². The third kappa shape index (κ3) is 2.46. The largest absolute Gasteiger partial charge is 0.391 e. The van der Waals surface area contributed by atoms with Crippen molar-refractivity contribution < 1.29 is 10.0 Å². The summed E-state index contributed by atoms with van der Waals surface area (Å²) in [7, 11) is 0. The first kappa shape index (κ1) is 12.8. The molecule has 5 nitrogen and oxygen atoms in total. The normalized spacial score (nSPS) is 24.1. The van der Waals surface area contributed by atoms with Gasteiger partial charge in [0, 0.05) is 30.4 Å². The predicted octanol–water partition coefficient (Wildman–Crippen LogP) is 2.11. The summed E-state index contributed by atoms with van der Waals surface area (Å²) in [6.07, 6.45) is 0.544. The summed E-state index contributed by atoms with van der Waals surface area (Å²) in [5.41, 5.74) is 1.62. The number of nitro benzene ring substituents is 1. The zero-order valence-electron chi connectivity index (χ0n) is 10.7. The number of hydrogen-bond donors (Lipinski definition) is 1. The van der Waals surface area contributed by atoms with Crippen LogP contribution in [0.3, 0.4) is 0 Å². The molecule has 1 aliphatic rings. The smallest absolute Gasteiger partial charge is 0.274 e. The fourth-order valence-electron chi connectivity index (χ4n) is 2.27. The molecule has 0 spiro atoms. The molecule has 1 aromatic rings. The maximum absolute atomic E-state index is 10.9. The summed E-state index contributed by atoms with van der Waals surface area (Å²) in [6.45, 7) is 5.13. The van der Waals surface area contributed by atoms with Gasteiger partial charge in [0.15, 0.2) is 0 Å². The Morgan fingerprint density at radius 1 is 1.50 bits per heavy atom. The Morgan fingerprint density at radius 3 is 2.83 bits per heavy atom. The summed E-state index contributed by atoms with van der Waals surface area (Å²) in [5, 5.41) is 20.8. The van der Waals surface area contributed by atoms with E-state index in [-0.39, 0.29) is 16.7 Å². The minimum Gasteiger partial charge on any atom is -0.391 e. The molecule has 1 aliphatic heterocycles. The number of aryl methyl sites for hydroxylation is 1. The molecule has 1 N–H and O–H groups in total. The van der Waals surface area contributed by atoms with Crippen LogP contribution in [-0.2, 0) is 0 Å². The minimum absolute atomic E-state index is 0.139. The summed E-state index contributed by atoms with van der Waals surface area (Å²) in [6, 6.07) is 5.24. The van der Waals surface area contributed by atoms with Crippen LogP contribution in [0.4, 0.5) is 11.4 Å². The number of piperidine rings is 1. The van der Waals surface area contributed by atoms with Crippen LogP contribution in [0.15, 0.2) is 18.2 Å². The summed E-state index contributed by atoms with van der Waals surface area (Å²) in [5.74, 6) is 0.293. The van der Waals surface area contributed by atoms with Gasteiger partial charge in [0.1, 0.15) is 0 Å². The van der Waals surface area contributed by atoms with Gasteiger partial charge in [-0.15, -0.1) is 0 Å². The first-order valence-electron chi connectivity index (χ1n) is 6.17. The highest BCUT2D eigenvalue weighted by Gasteiger charge is 2.25. The second kappa shape index (κ2) is 4.94. The molecule has 0 bridgehead atoms.